The first-order valence-corrected chi connectivity index (χ1v) is 5.51. The zero-order valence-corrected chi connectivity index (χ0v) is 9.65. The Morgan fingerprint density at radius 2 is 2.08 bits per heavy atom. The third-order valence-electron chi connectivity index (χ3n) is 2.08. The number of nitrogens with zero attached hydrogens (tertiary/aromatic N) is 2. The predicted molar refractivity (Wildman–Crippen MR) is 57.2 cm³/mol. The largest absolute Gasteiger partial charge is 0.331 e. The Morgan fingerprint density at radius 3 is 2.54 bits per heavy atom. The maximum Gasteiger partial charge on any atom is 0.319 e. The van der Waals surface area contributed by atoms with E-state index in [1.165, 1.54) is 0 Å². The summed E-state index contributed by atoms with van der Waals surface area (Å²) in [6, 6.07) is 0.133. The number of hydrogen-bond acceptors (Lipinski definition) is 2. The molecule has 3 nitrogen and oxygen atoms in total. The third kappa shape index (κ3) is 2.79. The van der Waals surface area contributed by atoms with Gasteiger partial charge in [-0.05, 0) is 13.8 Å². The van der Waals surface area contributed by atoms with E-state index in [9.17, 15) is 4.79 Å². The van der Waals surface area contributed by atoms with Crippen molar-refractivity contribution in [3.05, 3.63) is 0 Å². The number of hydrogen-bond donors (Lipinski definition) is 0. The van der Waals surface area contributed by atoms with Crippen molar-refractivity contribution < 1.29 is 4.79 Å². The summed E-state index contributed by atoms with van der Waals surface area (Å²) in [6.07, 6.45) is 0. The molecule has 1 heterocycles. The summed E-state index contributed by atoms with van der Waals surface area (Å²) in [7, 11) is 3.61. The molecule has 4 heteroatoms. The maximum atomic E-state index is 11.6. The summed E-state index contributed by atoms with van der Waals surface area (Å²) in [6.45, 7) is 6.11. The van der Waals surface area contributed by atoms with E-state index in [1.54, 1.807) is 19.0 Å². The van der Waals surface area contributed by atoms with E-state index in [1.807, 2.05) is 16.7 Å². The second kappa shape index (κ2) is 3.78. The van der Waals surface area contributed by atoms with Crippen LogP contribution in [0.5, 0.6) is 0 Å². The molecule has 2 amide bonds. The second-order valence-electron chi connectivity index (χ2n) is 4.21. The Labute approximate surface area is 84.5 Å². The molecule has 13 heavy (non-hydrogen) atoms. The molecule has 0 atom stereocenters. The topological polar surface area (TPSA) is 23.6 Å². The molecule has 1 aliphatic heterocycles. The number of rotatable bonds is 0. The first-order valence-electron chi connectivity index (χ1n) is 4.52. The molecule has 1 rings (SSSR count). The van der Waals surface area contributed by atoms with Crippen LogP contribution in [0.25, 0.3) is 0 Å². The van der Waals surface area contributed by atoms with Crippen LogP contribution in [0.1, 0.15) is 13.8 Å². The minimum atomic E-state index is 0.133. The van der Waals surface area contributed by atoms with Gasteiger partial charge in [-0.1, -0.05) is 0 Å². The molecule has 76 valence electrons. The smallest absolute Gasteiger partial charge is 0.319 e. The quantitative estimate of drug-likeness (QED) is 0.594. The minimum absolute atomic E-state index is 0.133. The van der Waals surface area contributed by atoms with Crippen LogP contribution in [0.2, 0.25) is 0 Å². The van der Waals surface area contributed by atoms with Crippen molar-refractivity contribution in [2.45, 2.75) is 18.6 Å². The van der Waals surface area contributed by atoms with Gasteiger partial charge in [-0.25, -0.2) is 4.79 Å². The van der Waals surface area contributed by atoms with Crippen LogP contribution in [0, 0.1) is 0 Å². The van der Waals surface area contributed by atoms with E-state index >= 15 is 0 Å². The molecule has 0 bridgehead atoms. The van der Waals surface area contributed by atoms with Gasteiger partial charge in [-0.2, -0.15) is 11.8 Å². The molecule has 0 saturated carbocycles. The van der Waals surface area contributed by atoms with Crippen molar-refractivity contribution >= 4 is 17.8 Å². The first kappa shape index (κ1) is 10.7. The zero-order chi connectivity index (χ0) is 10.1. The van der Waals surface area contributed by atoms with Gasteiger partial charge in [-0.3, -0.25) is 0 Å². The van der Waals surface area contributed by atoms with Crippen molar-refractivity contribution in [2.24, 2.45) is 0 Å². The van der Waals surface area contributed by atoms with Gasteiger partial charge in [0.15, 0.2) is 0 Å². The lowest BCUT2D eigenvalue weighted by atomic mass is 10.2. The van der Waals surface area contributed by atoms with Crippen molar-refractivity contribution in [1.82, 2.24) is 9.80 Å². The normalized spacial score (nSPS) is 21.4. The summed E-state index contributed by atoms with van der Waals surface area (Å²) >= 11 is 1.94. The van der Waals surface area contributed by atoms with Crippen molar-refractivity contribution in [3.8, 4) is 0 Å². The Balaban J connectivity index is 2.57. The number of carbonyl (C=O) groups is 1. The van der Waals surface area contributed by atoms with Crippen molar-refractivity contribution in [2.75, 3.05) is 32.9 Å². The number of urea groups is 1. The van der Waals surface area contributed by atoms with Crippen molar-refractivity contribution in [1.29, 1.82) is 0 Å². The molecule has 0 aromatic rings. The van der Waals surface area contributed by atoms with Gasteiger partial charge in [0.1, 0.15) is 0 Å². The minimum Gasteiger partial charge on any atom is -0.331 e. The molecule has 1 saturated heterocycles. The van der Waals surface area contributed by atoms with Crippen LogP contribution in [0.15, 0.2) is 0 Å². The molecule has 0 radical (unpaired) electrons. The van der Waals surface area contributed by atoms with E-state index in [4.69, 9.17) is 0 Å². The molecule has 0 aliphatic carbocycles. The van der Waals surface area contributed by atoms with E-state index in [2.05, 4.69) is 13.8 Å². The highest BCUT2D eigenvalue weighted by atomic mass is 32.2. The Morgan fingerprint density at radius 1 is 1.46 bits per heavy atom. The zero-order valence-electron chi connectivity index (χ0n) is 8.83. The molecule has 1 fully saturated rings. The highest BCUT2D eigenvalue weighted by molar-refractivity contribution is 8.00. The SMILES string of the molecule is CN(C)C(=O)N1CCSC(C)(C)C1. The molecule has 0 unspecified atom stereocenters. The Bertz CT molecular complexity index is 204. The lowest BCUT2D eigenvalue weighted by molar-refractivity contribution is 0.168. The van der Waals surface area contributed by atoms with Crippen LogP contribution in [-0.4, -0.2) is 53.5 Å². The van der Waals surface area contributed by atoms with Gasteiger partial charge in [-0.15, -0.1) is 0 Å². The average molecular weight is 202 g/mol. The van der Waals surface area contributed by atoms with E-state index < -0.39 is 0 Å². The molecule has 0 N–H and O–H groups in total. The summed E-state index contributed by atoms with van der Waals surface area (Å²) in [5, 5.41) is 0. The van der Waals surface area contributed by atoms with E-state index in [-0.39, 0.29) is 10.8 Å². The van der Waals surface area contributed by atoms with E-state index in [0.717, 1.165) is 18.8 Å². The standard InChI is InChI=1S/C9H18N2OS/c1-9(2)7-11(5-6-13-9)8(12)10(3)4/h5-7H2,1-4H3. The van der Waals surface area contributed by atoms with Crippen LogP contribution < -0.4 is 0 Å². The number of carbonyl (C=O) groups excluding carboxylic acids is 1. The molecular weight excluding hydrogens is 184 g/mol. The van der Waals surface area contributed by atoms with Gasteiger partial charge in [0, 0.05) is 37.7 Å². The lowest BCUT2D eigenvalue weighted by Crippen LogP contribution is -2.49. The van der Waals surface area contributed by atoms with Gasteiger partial charge >= 0.3 is 6.03 Å². The lowest BCUT2D eigenvalue weighted by Gasteiger charge is -2.38. The van der Waals surface area contributed by atoms with Gasteiger partial charge in [0.05, 0.1) is 0 Å². The monoisotopic (exact) mass is 202 g/mol. The molecule has 1 aliphatic rings. The van der Waals surface area contributed by atoms with Crippen LogP contribution >= 0.6 is 11.8 Å². The number of amides is 2. The third-order valence-corrected chi connectivity index (χ3v) is 3.38. The Kier molecular flexibility index (Phi) is 3.11. The highest BCUT2D eigenvalue weighted by Gasteiger charge is 2.30. The second-order valence-corrected chi connectivity index (χ2v) is 6.01. The molecule has 0 spiro atoms. The summed E-state index contributed by atoms with van der Waals surface area (Å²) < 4.78 is 0.212. The summed E-state index contributed by atoms with van der Waals surface area (Å²) in [5.41, 5.74) is 0. The average Bonchev–Trinajstić information content (AvgIpc) is 2.01. The first-order chi connectivity index (χ1) is 5.92. The van der Waals surface area contributed by atoms with Gasteiger partial charge < -0.3 is 9.80 Å². The summed E-state index contributed by atoms with van der Waals surface area (Å²) in [4.78, 5) is 15.2. The van der Waals surface area contributed by atoms with Gasteiger partial charge in [0.25, 0.3) is 0 Å². The maximum absolute atomic E-state index is 11.6. The predicted octanol–water partition coefficient (Wildman–Crippen LogP) is 1.50. The highest BCUT2D eigenvalue weighted by Crippen LogP contribution is 2.29. The fourth-order valence-electron chi connectivity index (χ4n) is 1.46. The van der Waals surface area contributed by atoms with Crippen LogP contribution in [-0.2, 0) is 0 Å². The molecule has 0 aromatic heterocycles. The molecular formula is C9H18N2OS. The van der Waals surface area contributed by atoms with Crippen LogP contribution in [0.3, 0.4) is 0 Å². The van der Waals surface area contributed by atoms with Gasteiger partial charge in [0.2, 0.25) is 0 Å². The van der Waals surface area contributed by atoms with E-state index in [0.29, 0.717) is 0 Å². The van der Waals surface area contributed by atoms with Crippen LogP contribution in [0.4, 0.5) is 4.79 Å². The fraction of sp³-hybridized carbons (Fsp3) is 0.889. The number of thioether (sulfide) groups is 1. The fourth-order valence-corrected chi connectivity index (χ4v) is 2.57. The van der Waals surface area contributed by atoms with Crippen molar-refractivity contribution in [3.63, 3.8) is 0 Å². The summed E-state index contributed by atoms with van der Waals surface area (Å²) in [5.74, 6) is 1.05. The molecule has 0 aromatic carbocycles. The Hall–Kier alpha value is -0.380.